The Kier molecular flexibility index (Phi) is 29.6. The first-order valence-corrected chi connectivity index (χ1v) is 42.9. The first kappa shape index (κ1) is 96.0. The van der Waals surface area contributed by atoms with Crippen molar-refractivity contribution in [2.75, 3.05) is 28.4 Å². The van der Waals surface area contributed by atoms with Crippen molar-refractivity contribution in [1.29, 1.82) is 0 Å². The van der Waals surface area contributed by atoms with E-state index in [1.165, 1.54) is 30.5 Å². The molecule has 9 N–H and O–H groups in total. The minimum absolute atomic E-state index is 0.00821. The van der Waals surface area contributed by atoms with E-state index in [1.54, 1.807) is 142 Å². The molecule has 4 amide bonds. The number of benzene rings is 1. The van der Waals surface area contributed by atoms with Gasteiger partial charge in [0.25, 0.3) is 57.0 Å². The molecule has 1 aromatic carbocycles. The summed E-state index contributed by atoms with van der Waals surface area (Å²) >= 11 is 0. The largest absolute Gasteiger partial charge is 0.496 e. The van der Waals surface area contributed by atoms with Gasteiger partial charge < -0.3 is 92.7 Å². The Morgan fingerprint density at radius 2 is 0.697 bits per heavy atom. The van der Waals surface area contributed by atoms with Gasteiger partial charge in [0, 0.05) is 150 Å². The lowest BCUT2D eigenvalue weighted by Crippen LogP contribution is -2.32. The van der Waals surface area contributed by atoms with Crippen LogP contribution in [-0.4, -0.2) is 130 Å². The summed E-state index contributed by atoms with van der Waals surface area (Å²) < 4.78 is 32.8. The van der Waals surface area contributed by atoms with E-state index < -0.39 is 5.60 Å². The molecule has 0 spiro atoms. The molecule has 14 aromatic heterocycles. The van der Waals surface area contributed by atoms with Crippen molar-refractivity contribution in [2.24, 2.45) is 14.1 Å². The van der Waals surface area contributed by atoms with Crippen LogP contribution in [0.3, 0.4) is 0 Å². The maximum atomic E-state index is 13.4. The SMILES string of the molecule is COc1cc(C)[nH]c(=O)c1CNC(=O)c1c(C)n(C(C)C(OC)c2ccccc2)c2ncccc12.COc1cc(C)[nH]c(=O)c1CNC(=O)c1c(C)n(C(C)c2ccn(C)c(=O)c2)c2ncccc12.COc1cc(C)[nH]c(=O)c1CNC(=O)c1c(C)n(C(C)c2ccn(C)c(=O)c2)c2ncccc12.Cc1cc(C)c(CNC(=O)c2c(C)n(C(C)C(C)(C)O)c3ncccc23)c(=O)[nH]1. The molecular weight excluding hydrogens is 1680 g/mol. The smallest absolute Gasteiger partial charge is 0.256 e. The van der Waals surface area contributed by atoms with E-state index in [0.717, 1.165) is 44.7 Å². The number of hydrogen-bond donors (Lipinski definition) is 9. The fourth-order valence-electron chi connectivity index (χ4n) is 17.0. The average molecular weight is 1790 g/mol. The van der Waals surface area contributed by atoms with E-state index in [1.807, 2.05) is 159 Å². The van der Waals surface area contributed by atoms with Crippen LogP contribution in [0.15, 0.2) is 193 Å². The highest BCUT2D eigenvalue weighted by atomic mass is 16.5. The monoisotopic (exact) mass is 1790 g/mol. The number of aliphatic hydroxyl groups is 1. The second kappa shape index (κ2) is 40.7. The number of carbonyl (C=O) groups excluding carboxylic acids is 4. The van der Waals surface area contributed by atoms with Crippen molar-refractivity contribution in [3.8, 4) is 17.2 Å². The van der Waals surface area contributed by atoms with E-state index in [2.05, 4.69) is 68.1 Å². The van der Waals surface area contributed by atoms with Crippen molar-refractivity contribution in [2.45, 2.75) is 166 Å². The summed E-state index contributed by atoms with van der Waals surface area (Å²) in [5.41, 5.74) is 13.1. The lowest BCUT2D eigenvalue weighted by atomic mass is 10.0. The number of aryl methyl sites for hydroxylation is 7. The van der Waals surface area contributed by atoms with Crippen LogP contribution < -0.4 is 68.8 Å². The fraction of sp³-hybridized carbons (Fsp3) is 0.313. The highest BCUT2D eigenvalue weighted by Gasteiger charge is 2.34. The second-order valence-electron chi connectivity index (χ2n) is 33.3. The summed E-state index contributed by atoms with van der Waals surface area (Å²) in [6, 6.07) is 37.7. The molecule has 0 bridgehead atoms. The van der Waals surface area contributed by atoms with E-state index >= 15 is 0 Å². The molecule has 5 atom stereocenters. The number of hydrogen-bond acceptors (Lipinski definition) is 19. The van der Waals surface area contributed by atoms with Gasteiger partial charge in [-0.05, 0) is 211 Å². The highest BCUT2D eigenvalue weighted by molar-refractivity contribution is 6.10. The van der Waals surface area contributed by atoms with Gasteiger partial charge in [-0.25, -0.2) is 19.9 Å². The molecule has 688 valence electrons. The molecule has 0 radical (unpaired) electrons. The van der Waals surface area contributed by atoms with Gasteiger partial charge in [0.1, 0.15) is 45.9 Å². The van der Waals surface area contributed by atoms with Gasteiger partial charge in [-0.1, -0.05) is 30.3 Å². The summed E-state index contributed by atoms with van der Waals surface area (Å²) in [7, 11) is 9.56. The Hall–Kier alpha value is -15.1. The molecule has 0 aliphatic carbocycles. The van der Waals surface area contributed by atoms with Gasteiger partial charge in [0.15, 0.2) is 0 Å². The zero-order chi connectivity index (χ0) is 95.8. The Morgan fingerprint density at radius 1 is 0.394 bits per heavy atom. The van der Waals surface area contributed by atoms with Crippen LogP contribution >= 0.6 is 0 Å². The maximum absolute atomic E-state index is 13.4. The van der Waals surface area contributed by atoms with E-state index in [9.17, 15) is 53.1 Å². The van der Waals surface area contributed by atoms with Crippen LogP contribution in [0.25, 0.3) is 44.1 Å². The maximum Gasteiger partial charge on any atom is 0.256 e. The first-order valence-electron chi connectivity index (χ1n) is 42.9. The molecule has 0 saturated heterocycles. The predicted octanol–water partition coefficient (Wildman–Crippen LogP) is 12.3. The van der Waals surface area contributed by atoms with Crippen LogP contribution in [0.4, 0.5) is 0 Å². The quantitative estimate of drug-likeness (QED) is 0.0257. The first-order chi connectivity index (χ1) is 62.8. The number of amides is 4. The Bertz CT molecular complexity index is 7050. The molecule has 15 rings (SSSR count). The molecule has 33 nitrogen and oxygen atoms in total. The number of nitrogens with one attached hydrogen (secondary N) is 8. The summed E-state index contributed by atoms with van der Waals surface area (Å²) in [4.78, 5) is 156. The molecule has 132 heavy (non-hydrogen) atoms. The molecule has 0 aliphatic heterocycles. The van der Waals surface area contributed by atoms with Crippen LogP contribution in [0, 0.1) is 62.3 Å². The number of fused-ring (bicyclic) bond motifs is 4. The van der Waals surface area contributed by atoms with Crippen LogP contribution in [0.1, 0.15) is 203 Å². The Balaban J connectivity index is 0.000000159. The Labute approximate surface area is 760 Å². The molecule has 0 aliphatic rings. The van der Waals surface area contributed by atoms with Crippen molar-refractivity contribution < 1.29 is 43.2 Å². The van der Waals surface area contributed by atoms with Gasteiger partial charge in [-0.3, -0.25) is 47.9 Å². The summed E-state index contributed by atoms with van der Waals surface area (Å²) in [5, 5.41) is 24.9. The molecule has 33 heteroatoms. The number of aromatic nitrogens is 14. The third-order valence-electron chi connectivity index (χ3n) is 24.1. The number of nitrogens with zero attached hydrogens (tertiary/aromatic N) is 10. The van der Waals surface area contributed by atoms with Crippen LogP contribution in [-0.2, 0) is 45.0 Å². The standard InChI is InChI=1S/C27H30N4O4.2C25H27N5O4.C22H28N4O3/c1-16-14-22(34-4)21(26(32)30-16)15-29-27(33)23-17(2)31(25-20(23)12-9-13-28-25)18(3)24(35-5)19-10-7-6-8-11-19;2*1-14-11-20(34-5)19(24(32)28-14)13-27-25(33)22-16(3)30(23-18(22)7-6-9-26-23)15(2)17-8-10-29(4)21(31)12-17;1-12-10-13(2)25-20(27)17(12)11-24-21(28)18-14(3)26(15(4)22(5,6)29)19-16(18)8-7-9-23-19/h6-14,18,24H,15H2,1-5H3,(H,29,33)(H,30,32);2*6-12,15H,13H2,1-5H3,(H,27,33)(H,28,32);7-10,15,29H,11H2,1-6H3,(H,24,28)(H,25,27). The van der Waals surface area contributed by atoms with Gasteiger partial charge >= 0.3 is 0 Å². The minimum Gasteiger partial charge on any atom is -0.496 e. The number of aromatic amines is 4. The number of ether oxygens (including phenoxy) is 4. The minimum atomic E-state index is -0.992. The zero-order valence-corrected chi connectivity index (χ0v) is 77.9. The third-order valence-corrected chi connectivity index (χ3v) is 24.1. The fourth-order valence-corrected chi connectivity index (χ4v) is 17.0. The highest BCUT2D eigenvalue weighted by Crippen LogP contribution is 2.39. The normalized spacial score (nSPS) is 12.5. The van der Waals surface area contributed by atoms with Gasteiger partial charge in [-0.15, -0.1) is 0 Å². The van der Waals surface area contributed by atoms with Gasteiger partial charge in [0.05, 0.1) is 110 Å². The van der Waals surface area contributed by atoms with E-state index in [4.69, 9.17) is 18.9 Å². The number of carbonyl (C=O) groups is 4. The number of methoxy groups -OCH3 is 4. The average Bonchev–Trinajstić information content (AvgIpc) is 1.57. The summed E-state index contributed by atoms with van der Waals surface area (Å²) in [6.45, 7) is 28.0. The Morgan fingerprint density at radius 3 is 1.02 bits per heavy atom. The van der Waals surface area contributed by atoms with Crippen molar-refractivity contribution in [3.63, 3.8) is 0 Å². The molecular formula is C99H112N18O15. The molecule has 15 aromatic rings. The van der Waals surface area contributed by atoms with Crippen LogP contribution in [0.5, 0.6) is 17.2 Å². The summed E-state index contributed by atoms with van der Waals surface area (Å²) in [6.07, 6.45) is 9.95. The molecule has 0 fully saturated rings. The predicted molar refractivity (Wildman–Crippen MR) is 507 cm³/mol. The molecule has 5 unspecified atom stereocenters. The van der Waals surface area contributed by atoms with Crippen molar-refractivity contribution in [1.82, 2.24) is 88.5 Å². The third kappa shape index (κ3) is 20.0. The van der Waals surface area contributed by atoms with E-state index in [-0.39, 0.29) is 113 Å². The van der Waals surface area contributed by atoms with Crippen molar-refractivity contribution >= 4 is 67.8 Å². The number of pyridine rings is 10. The van der Waals surface area contributed by atoms with Gasteiger partial charge in [-0.2, -0.15) is 0 Å². The van der Waals surface area contributed by atoms with Gasteiger partial charge in [0.2, 0.25) is 0 Å². The second-order valence-corrected chi connectivity index (χ2v) is 33.3. The topological polar surface area (TPSA) is 420 Å². The van der Waals surface area contributed by atoms with E-state index in [0.29, 0.717) is 129 Å². The van der Waals surface area contributed by atoms with Crippen LogP contribution in [0.2, 0.25) is 0 Å². The lowest BCUT2D eigenvalue weighted by molar-refractivity contribution is 0.0312. The lowest BCUT2D eigenvalue weighted by Gasteiger charge is -2.29. The number of rotatable bonds is 25. The molecule has 14 heterocycles. The summed E-state index contributed by atoms with van der Waals surface area (Å²) in [5.74, 6) is 0.0544. The number of H-pyrrole nitrogens is 4. The van der Waals surface area contributed by atoms with Crippen molar-refractivity contribution in [3.05, 3.63) is 339 Å². The molecule has 0 saturated carbocycles. The zero-order valence-electron chi connectivity index (χ0n) is 77.9.